The van der Waals surface area contributed by atoms with E-state index >= 15 is 0 Å². The number of nitrogens with zero attached hydrogens (tertiary/aromatic N) is 4. The van der Waals surface area contributed by atoms with Gasteiger partial charge in [-0.15, -0.1) is 0 Å². The van der Waals surface area contributed by atoms with Gasteiger partial charge in [0.15, 0.2) is 12.1 Å². The first-order valence-electron chi connectivity index (χ1n) is 17.1. The number of rotatable bonds is 17. The van der Waals surface area contributed by atoms with Gasteiger partial charge in [0.2, 0.25) is 0 Å². The summed E-state index contributed by atoms with van der Waals surface area (Å²) in [6, 6.07) is 17.3. The van der Waals surface area contributed by atoms with E-state index in [4.69, 9.17) is 19.9 Å². The zero-order chi connectivity index (χ0) is 36.6. The number of hydrogen-bond donors (Lipinski definition) is 2. The monoisotopic (exact) mass is 712 g/mol. The number of piperazine rings is 1. The van der Waals surface area contributed by atoms with Gasteiger partial charge in [0, 0.05) is 90.3 Å². The summed E-state index contributed by atoms with van der Waals surface area (Å²) in [5.74, 6) is -3.38. The molecule has 1 aliphatic rings. The fourth-order valence-corrected chi connectivity index (χ4v) is 5.70. The average molecular weight is 713 g/mol. The highest BCUT2D eigenvalue weighted by molar-refractivity contribution is 5.99. The summed E-state index contributed by atoms with van der Waals surface area (Å²) in [6.45, 7) is 7.38. The topological polar surface area (TPSA) is 132 Å². The lowest BCUT2D eigenvalue weighted by atomic mass is 9.93. The molecule has 0 saturated carbocycles. The molecule has 2 heterocycles. The van der Waals surface area contributed by atoms with E-state index in [-0.39, 0.29) is 12.6 Å². The number of nitrogens with two attached hydrogens (primary N) is 1. The molecule has 1 aliphatic heterocycles. The molecular weight excluding hydrogens is 665 g/mol. The van der Waals surface area contributed by atoms with Crippen LogP contribution in [0.2, 0.25) is 0 Å². The van der Waals surface area contributed by atoms with Gasteiger partial charge in [-0.05, 0) is 40.8 Å². The number of amides is 1. The normalized spacial score (nSPS) is 15.0. The third kappa shape index (κ3) is 12.3. The molecule has 1 saturated heterocycles. The second-order valence-electron chi connectivity index (χ2n) is 12.3. The van der Waals surface area contributed by atoms with Gasteiger partial charge in [0.1, 0.15) is 5.75 Å². The van der Waals surface area contributed by atoms with Crippen LogP contribution in [0.1, 0.15) is 42.9 Å². The molecule has 51 heavy (non-hydrogen) atoms. The number of carbonyl (C=O) groups is 2. The zero-order valence-electron chi connectivity index (χ0n) is 29.2. The van der Waals surface area contributed by atoms with Crippen molar-refractivity contribution >= 4 is 17.8 Å². The van der Waals surface area contributed by atoms with Crippen LogP contribution in [0.4, 0.5) is 13.2 Å². The quantitative estimate of drug-likeness (QED) is 0.0883. The van der Waals surface area contributed by atoms with Gasteiger partial charge in [0.05, 0.1) is 6.61 Å². The first kappa shape index (κ1) is 39.3. The molecule has 0 bridgehead atoms. The van der Waals surface area contributed by atoms with E-state index in [2.05, 4.69) is 25.1 Å². The van der Waals surface area contributed by atoms with Crippen molar-refractivity contribution < 1.29 is 37.0 Å². The smallest absolute Gasteiger partial charge is 0.490 e. The van der Waals surface area contributed by atoms with Gasteiger partial charge in [-0.3, -0.25) is 29.9 Å². The molecule has 0 aliphatic carbocycles. The van der Waals surface area contributed by atoms with Crippen molar-refractivity contribution in [3.05, 3.63) is 83.7 Å². The molecule has 3 aromatic rings. The van der Waals surface area contributed by atoms with E-state index in [0.29, 0.717) is 43.9 Å². The van der Waals surface area contributed by atoms with Crippen molar-refractivity contribution in [3.8, 4) is 16.9 Å². The van der Waals surface area contributed by atoms with Crippen LogP contribution in [0.5, 0.6) is 5.75 Å². The van der Waals surface area contributed by atoms with E-state index in [1.165, 1.54) is 5.56 Å². The van der Waals surface area contributed by atoms with E-state index in [9.17, 15) is 22.8 Å². The highest BCUT2D eigenvalue weighted by Gasteiger charge is 2.43. The largest absolute Gasteiger partial charge is 0.493 e. The number of guanidine groups is 1. The lowest BCUT2D eigenvalue weighted by Gasteiger charge is -2.35. The first-order valence-corrected chi connectivity index (χ1v) is 17.1. The Morgan fingerprint density at radius 1 is 0.961 bits per heavy atom. The van der Waals surface area contributed by atoms with Gasteiger partial charge in [-0.2, -0.15) is 13.2 Å². The number of esters is 1. The SMILES string of the molecule is CCCCN=C(N)NC(=O)C(Cc1ccc(-c2ccccc2)c(CN2CCN(Cc3ccncc3)CC2)c1OCCCOC)OC(=O)C(F)(F)F. The van der Waals surface area contributed by atoms with E-state index in [1.54, 1.807) is 25.6 Å². The Hall–Kier alpha value is -4.53. The molecule has 1 atom stereocenters. The predicted molar refractivity (Wildman–Crippen MR) is 188 cm³/mol. The molecule has 276 valence electrons. The average Bonchev–Trinajstić information content (AvgIpc) is 3.12. The number of nitrogens with one attached hydrogen (secondary N) is 1. The number of halogens is 3. The molecule has 1 amide bonds. The number of carbonyl (C=O) groups excluding carboxylic acids is 2. The molecule has 2 aromatic carbocycles. The van der Waals surface area contributed by atoms with Gasteiger partial charge in [0.25, 0.3) is 5.91 Å². The molecule has 3 N–H and O–H groups in total. The molecule has 4 rings (SSSR count). The van der Waals surface area contributed by atoms with Crippen LogP contribution < -0.4 is 15.8 Å². The van der Waals surface area contributed by atoms with Crippen LogP contribution in [-0.4, -0.2) is 97.9 Å². The Bertz CT molecular complexity index is 1570. The summed E-state index contributed by atoms with van der Waals surface area (Å²) in [4.78, 5) is 38.2. The number of aliphatic imine (C=N–C) groups is 1. The fourth-order valence-electron chi connectivity index (χ4n) is 5.70. The summed E-state index contributed by atoms with van der Waals surface area (Å²) < 4.78 is 56.6. The molecule has 11 nitrogen and oxygen atoms in total. The highest BCUT2D eigenvalue weighted by atomic mass is 19.4. The number of alkyl halides is 3. The zero-order valence-corrected chi connectivity index (χ0v) is 29.2. The molecular formula is C37H47F3N6O5. The van der Waals surface area contributed by atoms with Crippen LogP contribution in [0, 0.1) is 0 Å². The Kier molecular flexibility index (Phi) is 15.2. The number of hydrogen-bond acceptors (Lipinski definition) is 9. The molecule has 0 radical (unpaired) electrons. The Morgan fingerprint density at radius 3 is 2.29 bits per heavy atom. The lowest BCUT2D eigenvalue weighted by Crippen LogP contribution is -2.46. The van der Waals surface area contributed by atoms with Crippen LogP contribution in [0.25, 0.3) is 11.1 Å². The van der Waals surface area contributed by atoms with Gasteiger partial charge >= 0.3 is 12.1 Å². The van der Waals surface area contributed by atoms with Crippen molar-refractivity contribution in [2.24, 2.45) is 10.7 Å². The maximum Gasteiger partial charge on any atom is 0.490 e. The number of ether oxygens (including phenoxy) is 3. The Balaban J connectivity index is 1.68. The van der Waals surface area contributed by atoms with Gasteiger partial charge in [-0.1, -0.05) is 55.8 Å². The molecule has 0 spiro atoms. The summed E-state index contributed by atoms with van der Waals surface area (Å²) in [5, 5.41) is 2.30. The first-order chi connectivity index (χ1) is 24.6. The van der Waals surface area contributed by atoms with Crippen molar-refractivity contribution in [2.75, 3.05) is 53.0 Å². The third-order valence-electron chi connectivity index (χ3n) is 8.39. The van der Waals surface area contributed by atoms with Gasteiger partial charge in [-0.25, -0.2) is 4.79 Å². The van der Waals surface area contributed by atoms with Crippen molar-refractivity contribution in [3.63, 3.8) is 0 Å². The van der Waals surface area contributed by atoms with Crippen LogP contribution >= 0.6 is 0 Å². The maximum absolute atomic E-state index is 13.4. The van der Waals surface area contributed by atoms with Crippen LogP contribution in [-0.2, 0) is 38.6 Å². The minimum atomic E-state index is -5.32. The highest BCUT2D eigenvalue weighted by Crippen LogP contribution is 2.37. The maximum atomic E-state index is 13.4. The van der Waals surface area contributed by atoms with Crippen LogP contribution in [0.15, 0.2) is 72.0 Å². The van der Waals surface area contributed by atoms with Crippen LogP contribution in [0.3, 0.4) is 0 Å². The van der Waals surface area contributed by atoms with E-state index < -0.39 is 30.6 Å². The number of methoxy groups -OCH3 is 1. The lowest BCUT2D eigenvalue weighted by molar-refractivity contribution is -0.205. The molecule has 1 unspecified atom stereocenters. The fraction of sp³-hybridized carbons (Fsp3) is 0.459. The molecule has 14 heteroatoms. The standard InChI is InChI=1S/C37H47F3N6O5/c1-3-4-15-43-36(41)44-34(47)32(51-35(48)37(38,39)40)24-29-11-12-30(28-9-6-5-7-10-28)31(33(29)50-23-8-22-49-2)26-46-20-18-45(19-21-46)25-27-13-16-42-17-14-27/h5-7,9-14,16-17,32H,3-4,8,15,18-26H2,1-2H3,(H3,41,43,44,47). The van der Waals surface area contributed by atoms with E-state index in [1.807, 2.05) is 55.5 Å². The number of pyridine rings is 1. The number of unbranched alkanes of at least 4 members (excludes halogenated alkanes) is 1. The molecule has 1 fully saturated rings. The van der Waals surface area contributed by atoms with E-state index in [0.717, 1.165) is 55.8 Å². The Morgan fingerprint density at radius 2 is 1.65 bits per heavy atom. The minimum absolute atomic E-state index is 0.238. The van der Waals surface area contributed by atoms with Crippen molar-refractivity contribution in [1.82, 2.24) is 20.1 Å². The second kappa shape index (κ2) is 19.8. The number of aromatic nitrogens is 1. The second-order valence-corrected chi connectivity index (χ2v) is 12.3. The predicted octanol–water partition coefficient (Wildman–Crippen LogP) is 4.73. The van der Waals surface area contributed by atoms with Crippen molar-refractivity contribution in [2.45, 2.75) is 58.0 Å². The Labute approximate surface area is 297 Å². The van der Waals surface area contributed by atoms with Gasteiger partial charge < -0.3 is 19.9 Å². The van der Waals surface area contributed by atoms with Crippen molar-refractivity contribution in [1.29, 1.82) is 0 Å². The summed E-state index contributed by atoms with van der Waals surface area (Å²) in [6.07, 6.45) is -1.98. The number of benzene rings is 2. The third-order valence-corrected chi connectivity index (χ3v) is 8.39. The minimum Gasteiger partial charge on any atom is -0.493 e. The summed E-state index contributed by atoms with van der Waals surface area (Å²) >= 11 is 0. The summed E-state index contributed by atoms with van der Waals surface area (Å²) in [5.41, 5.74) is 10.0. The summed E-state index contributed by atoms with van der Waals surface area (Å²) in [7, 11) is 1.58. The molecule has 1 aromatic heterocycles.